The van der Waals surface area contributed by atoms with Gasteiger partial charge in [0.25, 0.3) is 5.91 Å². The molecule has 0 bridgehead atoms. The summed E-state index contributed by atoms with van der Waals surface area (Å²) >= 11 is 1.26. The molecule has 0 spiro atoms. The lowest BCUT2D eigenvalue weighted by Gasteiger charge is -2.25. The van der Waals surface area contributed by atoms with Gasteiger partial charge in [0.05, 0.1) is 6.61 Å². The van der Waals surface area contributed by atoms with Gasteiger partial charge in [-0.1, -0.05) is 24.7 Å². The molecule has 0 radical (unpaired) electrons. The van der Waals surface area contributed by atoms with Crippen LogP contribution in [-0.4, -0.2) is 36.7 Å². The number of nitrogen functional groups attached to an aromatic ring is 1. The molecule has 0 aliphatic carbocycles. The van der Waals surface area contributed by atoms with Crippen molar-refractivity contribution in [3.63, 3.8) is 0 Å². The zero-order valence-corrected chi connectivity index (χ0v) is 13.4. The third-order valence-electron chi connectivity index (χ3n) is 2.77. The van der Waals surface area contributed by atoms with Gasteiger partial charge in [-0.2, -0.15) is 0 Å². The molecule has 0 aliphatic heterocycles. The number of anilines is 2. The van der Waals surface area contributed by atoms with Crippen LogP contribution < -0.4 is 16.4 Å². The first-order chi connectivity index (χ1) is 9.39. The molecule has 1 aromatic heterocycles. The Hall–Kier alpha value is -1.34. The molecule has 0 saturated carbocycles. The predicted octanol–water partition coefficient (Wildman–Crippen LogP) is 2.09. The number of nitrogens with two attached hydrogens (primary N) is 1. The van der Waals surface area contributed by atoms with Crippen LogP contribution in [0.3, 0.4) is 0 Å². The molecule has 7 heteroatoms. The second-order valence-electron chi connectivity index (χ2n) is 5.24. The minimum Gasteiger partial charge on any atom is -0.383 e. The molecule has 0 saturated heterocycles. The fourth-order valence-corrected chi connectivity index (χ4v) is 2.69. The van der Waals surface area contributed by atoms with E-state index in [1.54, 1.807) is 7.11 Å². The first-order valence-corrected chi connectivity index (χ1v) is 7.53. The molecule has 0 fully saturated rings. The Morgan fingerprint density at radius 3 is 2.80 bits per heavy atom. The van der Waals surface area contributed by atoms with Gasteiger partial charge in [-0.15, -0.1) is 0 Å². The third-order valence-corrected chi connectivity index (χ3v) is 3.80. The van der Waals surface area contributed by atoms with Crippen LogP contribution in [0, 0.1) is 0 Å². The Balaban J connectivity index is 2.68. The van der Waals surface area contributed by atoms with Gasteiger partial charge in [-0.3, -0.25) is 4.79 Å². The Morgan fingerprint density at radius 1 is 1.50 bits per heavy atom. The largest absolute Gasteiger partial charge is 0.383 e. The van der Waals surface area contributed by atoms with Gasteiger partial charge in [0, 0.05) is 19.2 Å². The summed E-state index contributed by atoms with van der Waals surface area (Å²) in [5.74, 6) is 0.0953. The maximum atomic E-state index is 12.2. The van der Waals surface area contributed by atoms with Crippen molar-refractivity contribution in [2.45, 2.75) is 39.2 Å². The number of ether oxygens (including phenoxy) is 1. The number of hydrogen-bond acceptors (Lipinski definition) is 6. The molecule has 20 heavy (non-hydrogen) atoms. The zero-order chi connectivity index (χ0) is 15.2. The van der Waals surface area contributed by atoms with Crippen molar-refractivity contribution in [1.82, 2.24) is 10.3 Å². The molecule has 0 aliphatic rings. The Kier molecular flexibility index (Phi) is 6.22. The first-order valence-electron chi connectivity index (χ1n) is 6.71. The van der Waals surface area contributed by atoms with Gasteiger partial charge in [0.15, 0.2) is 5.13 Å². The second-order valence-corrected chi connectivity index (χ2v) is 6.24. The van der Waals surface area contributed by atoms with Crippen LogP contribution in [0.15, 0.2) is 0 Å². The van der Waals surface area contributed by atoms with Crippen LogP contribution in [0.1, 0.15) is 43.3 Å². The highest BCUT2D eigenvalue weighted by atomic mass is 32.1. The normalized spacial score (nSPS) is 11.4. The molecule has 1 rings (SSSR count). The fraction of sp³-hybridized carbons (Fsp3) is 0.692. The number of rotatable bonds is 8. The van der Waals surface area contributed by atoms with Crippen molar-refractivity contribution in [3.05, 3.63) is 4.88 Å². The van der Waals surface area contributed by atoms with Crippen molar-refractivity contribution in [2.75, 3.05) is 31.3 Å². The smallest absolute Gasteiger partial charge is 0.265 e. The number of hydrogen-bond donors (Lipinski definition) is 3. The quantitative estimate of drug-likeness (QED) is 0.640. The minimum absolute atomic E-state index is 0.168. The van der Waals surface area contributed by atoms with E-state index in [2.05, 4.69) is 22.5 Å². The summed E-state index contributed by atoms with van der Waals surface area (Å²) in [7, 11) is 1.63. The van der Waals surface area contributed by atoms with Crippen molar-refractivity contribution < 1.29 is 9.53 Å². The van der Waals surface area contributed by atoms with Crippen molar-refractivity contribution >= 4 is 28.2 Å². The number of aromatic nitrogens is 1. The average molecular weight is 300 g/mol. The van der Waals surface area contributed by atoms with Gasteiger partial charge < -0.3 is 21.1 Å². The molecule has 0 unspecified atom stereocenters. The van der Waals surface area contributed by atoms with E-state index in [0.29, 0.717) is 23.2 Å². The molecule has 4 N–H and O–H groups in total. The van der Waals surface area contributed by atoms with Gasteiger partial charge in [-0.25, -0.2) is 4.98 Å². The van der Waals surface area contributed by atoms with Crippen LogP contribution in [0.4, 0.5) is 10.9 Å². The molecule has 1 amide bonds. The van der Waals surface area contributed by atoms with Gasteiger partial charge >= 0.3 is 0 Å². The molecule has 1 aromatic rings. The molecule has 0 atom stereocenters. The molecule has 1 heterocycles. The van der Waals surface area contributed by atoms with Crippen molar-refractivity contribution in [3.8, 4) is 0 Å². The summed E-state index contributed by atoms with van der Waals surface area (Å²) in [5.41, 5.74) is 5.56. The fourth-order valence-electron chi connectivity index (χ4n) is 1.88. The van der Waals surface area contributed by atoms with E-state index in [-0.39, 0.29) is 17.3 Å². The number of carbonyl (C=O) groups is 1. The highest BCUT2D eigenvalue weighted by Gasteiger charge is 2.23. The highest BCUT2D eigenvalue weighted by molar-refractivity contribution is 7.18. The standard InChI is InChI=1S/C13H24N4O2S/c1-5-6-13(2,3)17-11(18)9-10(14)16-12(20-9)15-7-8-19-4/h5-8,14H2,1-4H3,(H,15,16)(H,17,18). The summed E-state index contributed by atoms with van der Waals surface area (Å²) in [5, 5.41) is 6.70. The van der Waals surface area contributed by atoms with E-state index < -0.39 is 0 Å². The minimum atomic E-state index is -0.244. The number of methoxy groups -OCH3 is 1. The van der Waals surface area contributed by atoms with Crippen LogP contribution in [0.25, 0.3) is 0 Å². The first kappa shape index (κ1) is 16.7. The topological polar surface area (TPSA) is 89.3 Å². The maximum absolute atomic E-state index is 12.2. The number of nitrogens with zero attached hydrogens (tertiary/aromatic N) is 1. The van der Waals surface area contributed by atoms with E-state index in [1.165, 1.54) is 11.3 Å². The number of thiazole rings is 1. The van der Waals surface area contributed by atoms with Crippen LogP contribution in [0.5, 0.6) is 0 Å². The molecular weight excluding hydrogens is 276 g/mol. The monoisotopic (exact) mass is 300 g/mol. The van der Waals surface area contributed by atoms with E-state index in [0.717, 1.165) is 12.8 Å². The van der Waals surface area contributed by atoms with E-state index in [9.17, 15) is 4.79 Å². The van der Waals surface area contributed by atoms with E-state index in [1.807, 2.05) is 13.8 Å². The number of nitrogens with one attached hydrogen (secondary N) is 2. The SMILES string of the molecule is CCCC(C)(C)NC(=O)c1sc(NCCOC)nc1N. The van der Waals surface area contributed by atoms with Crippen molar-refractivity contribution in [1.29, 1.82) is 0 Å². The van der Waals surface area contributed by atoms with Crippen LogP contribution >= 0.6 is 11.3 Å². The van der Waals surface area contributed by atoms with Gasteiger partial charge in [0.1, 0.15) is 10.7 Å². The molecule has 0 aromatic carbocycles. The summed E-state index contributed by atoms with van der Waals surface area (Å²) in [4.78, 5) is 16.8. The summed E-state index contributed by atoms with van der Waals surface area (Å²) in [6.07, 6.45) is 1.92. The molecule has 6 nitrogen and oxygen atoms in total. The maximum Gasteiger partial charge on any atom is 0.265 e. The van der Waals surface area contributed by atoms with Crippen LogP contribution in [-0.2, 0) is 4.74 Å². The number of amides is 1. The summed E-state index contributed by atoms with van der Waals surface area (Å²) < 4.78 is 4.94. The predicted molar refractivity (Wildman–Crippen MR) is 83.3 cm³/mol. The third kappa shape index (κ3) is 4.97. The zero-order valence-electron chi connectivity index (χ0n) is 12.6. The lowest BCUT2D eigenvalue weighted by atomic mass is 9.99. The summed E-state index contributed by atoms with van der Waals surface area (Å²) in [6.45, 7) is 7.30. The van der Waals surface area contributed by atoms with E-state index in [4.69, 9.17) is 10.5 Å². The Morgan fingerprint density at radius 2 is 2.20 bits per heavy atom. The van der Waals surface area contributed by atoms with Gasteiger partial charge in [-0.05, 0) is 20.3 Å². The lowest BCUT2D eigenvalue weighted by molar-refractivity contribution is 0.0914. The van der Waals surface area contributed by atoms with Crippen molar-refractivity contribution in [2.24, 2.45) is 0 Å². The van der Waals surface area contributed by atoms with E-state index >= 15 is 0 Å². The summed E-state index contributed by atoms with van der Waals surface area (Å²) in [6, 6.07) is 0. The van der Waals surface area contributed by atoms with Gasteiger partial charge in [0.2, 0.25) is 0 Å². The average Bonchev–Trinajstić information content (AvgIpc) is 2.70. The molecular formula is C13H24N4O2S. The number of carbonyl (C=O) groups excluding carboxylic acids is 1. The Labute approximate surface area is 124 Å². The second kappa shape index (κ2) is 7.44. The highest BCUT2D eigenvalue weighted by Crippen LogP contribution is 2.25. The van der Waals surface area contributed by atoms with Crippen LogP contribution in [0.2, 0.25) is 0 Å². The molecule has 114 valence electrons. The lowest BCUT2D eigenvalue weighted by Crippen LogP contribution is -2.43. The Bertz CT molecular complexity index is 446.